The summed E-state index contributed by atoms with van der Waals surface area (Å²) in [6, 6.07) is 1.65. The SMILES string of the molecule is CC(C)c1ncc(C2CC2)cc1F. The van der Waals surface area contributed by atoms with Crippen LogP contribution in [0.15, 0.2) is 12.3 Å². The Labute approximate surface area is 78.0 Å². The maximum Gasteiger partial charge on any atom is 0.145 e. The monoisotopic (exact) mass is 179 g/mol. The minimum Gasteiger partial charge on any atom is -0.258 e. The van der Waals surface area contributed by atoms with E-state index < -0.39 is 0 Å². The van der Waals surface area contributed by atoms with Gasteiger partial charge in [0.05, 0.1) is 5.69 Å². The summed E-state index contributed by atoms with van der Waals surface area (Å²) in [7, 11) is 0. The summed E-state index contributed by atoms with van der Waals surface area (Å²) < 4.78 is 13.4. The zero-order valence-corrected chi connectivity index (χ0v) is 8.05. The van der Waals surface area contributed by atoms with Crippen LogP contribution in [0.5, 0.6) is 0 Å². The predicted octanol–water partition coefficient (Wildman–Crippen LogP) is 3.22. The van der Waals surface area contributed by atoms with Crippen molar-refractivity contribution in [1.82, 2.24) is 4.98 Å². The Bertz CT molecular complexity index is 316. The Morgan fingerprint density at radius 2 is 2.15 bits per heavy atom. The van der Waals surface area contributed by atoms with Crippen LogP contribution in [-0.2, 0) is 0 Å². The molecule has 1 heterocycles. The number of nitrogens with zero attached hydrogens (tertiary/aromatic N) is 1. The third kappa shape index (κ3) is 1.71. The summed E-state index contributed by atoms with van der Waals surface area (Å²) >= 11 is 0. The van der Waals surface area contributed by atoms with Crippen molar-refractivity contribution < 1.29 is 4.39 Å². The molecule has 0 radical (unpaired) electrons. The highest BCUT2D eigenvalue weighted by atomic mass is 19.1. The molecule has 0 aromatic carbocycles. The van der Waals surface area contributed by atoms with E-state index in [9.17, 15) is 4.39 Å². The van der Waals surface area contributed by atoms with E-state index in [4.69, 9.17) is 0 Å². The Morgan fingerprint density at radius 3 is 2.62 bits per heavy atom. The first kappa shape index (κ1) is 8.67. The second kappa shape index (κ2) is 3.09. The standard InChI is InChI=1S/C11H14FN/c1-7(2)11-10(12)5-9(6-13-11)8-3-4-8/h5-8H,3-4H2,1-2H3. The van der Waals surface area contributed by atoms with Gasteiger partial charge in [0.2, 0.25) is 0 Å². The van der Waals surface area contributed by atoms with Gasteiger partial charge in [0.1, 0.15) is 5.82 Å². The molecular weight excluding hydrogens is 165 g/mol. The minimum absolute atomic E-state index is 0.139. The molecule has 70 valence electrons. The molecule has 1 nitrogen and oxygen atoms in total. The molecular formula is C11H14FN. The van der Waals surface area contributed by atoms with Crippen LogP contribution in [0.2, 0.25) is 0 Å². The lowest BCUT2D eigenvalue weighted by atomic mass is 10.1. The summed E-state index contributed by atoms with van der Waals surface area (Å²) in [6.45, 7) is 3.92. The first-order chi connectivity index (χ1) is 6.18. The van der Waals surface area contributed by atoms with Gasteiger partial charge in [-0.2, -0.15) is 0 Å². The molecule has 0 N–H and O–H groups in total. The van der Waals surface area contributed by atoms with Crippen molar-refractivity contribution >= 4 is 0 Å². The van der Waals surface area contributed by atoms with Crippen molar-refractivity contribution in [2.45, 2.75) is 38.5 Å². The van der Waals surface area contributed by atoms with Crippen molar-refractivity contribution in [1.29, 1.82) is 0 Å². The van der Waals surface area contributed by atoms with Crippen LogP contribution in [-0.4, -0.2) is 4.98 Å². The molecule has 13 heavy (non-hydrogen) atoms. The molecule has 0 atom stereocenters. The molecule has 1 aromatic rings. The minimum atomic E-state index is -0.139. The Hall–Kier alpha value is -0.920. The number of hydrogen-bond acceptors (Lipinski definition) is 1. The molecule has 2 heteroatoms. The third-order valence-corrected chi connectivity index (χ3v) is 2.49. The number of rotatable bonds is 2. The average molecular weight is 179 g/mol. The fourth-order valence-electron chi connectivity index (χ4n) is 1.53. The molecule has 1 aromatic heterocycles. The van der Waals surface area contributed by atoms with Crippen LogP contribution in [0.3, 0.4) is 0 Å². The molecule has 1 aliphatic carbocycles. The summed E-state index contributed by atoms with van der Waals surface area (Å²) in [4.78, 5) is 4.16. The summed E-state index contributed by atoms with van der Waals surface area (Å²) in [6.07, 6.45) is 4.22. The molecule has 1 aliphatic rings. The molecule has 1 fully saturated rings. The largest absolute Gasteiger partial charge is 0.258 e. The highest BCUT2D eigenvalue weighted by Gasteiger charge is 2.24. The molecule has 2 rings (SSSR count). The fraction of sp³-hybridized carbons (Fsp3) is 0.545. The van der Waals surface area contributed by atoms with Crippen LogP contribution >= 0.6 is 0 Å². The maximum absolute atomic E-state index is 13.4. The quantitative estimate of drug-likeness (QED) is 0.679. The number of hydrogen-bond donors (Lipinski definition) is 0. The van der Waals surface area contributed by atoms with Gasteiger partial charge < -0.3 is 0 Å². The van der Waals surface area contributed by atoms with Crippen molar-refractivity contribution in [3.8, 4) is 0 Å². The molecule has 0 saturated heterocycles. The molecule has 1 saturated carbocycles. The highest BCUT2D eigenvalue weighted by Crippen LogP contribution is 2.40. The Kier molecular flexibility index (Phi) is 2.06. The third-order valence-electron chi connectivity index (χ3n) is 2.49. The molecule has 0 aliphatic heterocycles. The summed E-state index contributed by atoms with van der Waals surface area (Å²) in [5.41, 5.74) is 1.66. The number of halogens is 1. The first-order valence-electron chi connectivity index (χ1n) is 4.84. The van der Waals surface area contributed by atoms with Gasteiger partial charge in [0.25, 0.3) is 0 Å². The van der Waals surface area contributed by atoms with E-state index in [2.05, 4.69) is 4.98 Å². The first-order valence-corrected chi connectivity index (χ1v) is 4.84. The summed E-state index contributed by atoms with van der Waals surface area (Å²) in [5, 5.41) is 0. The van der Waals surface area contributed by atoms with Crippen LogP contribution < -0.4 is 0 Å². The van der Waals surface area contributed by atoms with Crippen molar-refractivity contribution in [3.63, 3.8) is 0 Å². The van der Waals surface area contributed by atoms with Gasteiger partial charge in [-0.3, -0.25) is 4.98 Å². The van der Waals surface area contributed by atoms with Gasteiger partial charge in [0.15, 0.2) is 0 Å². The van der Waals surface area contributed by atoms with Gasteiger partial charge in [-0.25, -0.2) is 4.39 Å². The zero-order chi connectivity index (χ0) is 9.42. The van der Waals surface area contributed by atoms with E-state index in [-0.39, 0.29) is 11.7 Å². The molecule has 0 amide bonds. The van der Waals surface area contributed by atoms with E-state index >= 15 is 0 Å². The average Bonchev–Trinajstić information content (AvgIpc) is 2.85. The highest BCUT2D eigenvalue weighted by molar-refractivity contribution is 5.24. The zero-order valence-electron chi connectivity index (χ0n) is 8.05. The van der Waals surface area contributed by atoms with Crippen LogP contribution in [0.25, 0.3) is 0 Å². The van der Waals surface area contributed by atoms with E-state index in [1.807, 2.05) is 20.0 Å². The van der Waals surface area contributed by atoms with Gasteiger partial charge in [-0.05, 0) is 36.3 Å². The predicted molar refractivity (Wildman–Crippen MR) is 50.3 cm³/mol. The van der Waals surface area contributed by atoms with Crippen LogP contribution in [0, 0.1) is 5.82 Å². The smallest absolute Gasteiger partial charge is 0.145 e. The number of aromatic nitrogens is 1. The lowest BCUT2D eigenvalue weighted by Gasteiger charge is -2.06. The van der Waals surface area contributed by atoms with Crippen molar-refractivity contribution in [2.24, 2.45) is 0 Å². The van der Waals surface area contributed by atoms with E-state index in [0.717, 1.165) is 5.56 Å². The number of pyridine rings is 1. The molecule has 0 bridgehead atoms. The van der Waals surface area contributed by atoms with Crippen LogP contribution in [0.4, 0.5) is 4.39 Å². The Balaban J connectivity index is 2.31. The van der Waals surface area contributed by atoms with E-state index in [1.165, 1.54) is 12.8 Å². The second-order valence-electron chi connectivity index (χ2n) is 4.06. The lowest BCUT2D eigenvalue weighted by Crippen LogP contribution is -1.98. The van der Waals surface area contributed by atoms with Gasteiger partial charge in [-0.1, -0.05) is 13.8 Å². The van der Waals surface area contributed by atoms with Crippen LogP contribution in [0.1, 0.15) is 49.8 Å². The summed E-state index contributed by atoms with van der Waals surface area (Å²) in [5.74, 6) is 0.621. The molecule has 0 spiro atoms. The maximum atomic E-state index is 13.4. The Morgan fingerprint density at radius 1 is 1.46 bits per heavy atom. The fourth-order valence-corrected chi connectivity index (χ4v) is 1.53. The van der Waals surface area contributed by atoms with Crippen molar-refractivity contribution in [2.75, 3.05) is 0 Å². The second-order valence-corrected chi connectivity index (χ2v) is 4.06. The van der Waals surface area contributed by atoms with Gasteiger partial charge in [-0.15, -0.1) is 0 Å². The normalized spacial score (nSPS) is 16.6. The van der Waals surface area contributed by atoms with Crippen molar-refractivity contribution in [3.05, 3.63) is 29.3 Å². The molecule has 0 unspecified atom stereocenters. The van der Waals surface area contributed by atoms with E-state index in [1.54, 1.807) is 6.07 Å². The van der Waals surface area contributed by atoms with Gasteiger partial charge in [0, 0.05) is 6.20 Å². The topological polar surface area (TPSA) is 12.9 Å². The van der Waals surface area contributed by atoms with E-state index in [0.29, 0.717) is 11.6 Å². The van der Waals surface area contributed by atoms with Gasteiger partial charge >= 0.3 is 0 Å². The lowest BCUT2D eigenvalue weighted by molar-refractivity contribution is 0.582.